The monoisotopic (exact) mass is 270 g/mol. The number of aromatic nitrogens is 1. The van der Waals surface area contributed by atoms with Gasteiger partial charge in [-0.2, -0.15) is 0 Å². The van der Waals surface area contributed by atoms with Gasteiger partial charge in [-0.05, 0) is 28.1 Å². The van der Waals surface area contributed by atoms with E-state index in [0.29, 0.717) is 18.8 Å². The number of hydrogen-bond donors (Lipinski definition) is 0. The van der Waals surface area contributed by atoms with Crippen molar-refractivity contribution in [3.63, 3.8) is 0 Å². The van der Waals surface area contributed by atoms with E-state index >= 15 is 0 Å². The Balaban J connectivity index is 2.07. The number of hydrogen-bond acceptors (Lipinski definition) is 3. The molecule has 1 aliphatic heterocycles. The van der Waals surface area contributed by atoms with Crippen molar-refractivity contribution in [2.75, 3.05) is 20.2 Å². The summed E-state index contributed by atoms with van der Waals surface area (Å²) >= 11 is 3.31. The quantitative estimate of drug-likeness (QED) is 0.814. The van der Waals surface area contributed by atoms with Crippen LogP contribution in [0, 0.1) is 0 Å². The number of amides is 1. The summed E-state index contributed by atoms with van der Waals surface area (Å²) in [5, 5.41) is 0. The lowest BCUT2D eigenvalue weighted by Crippen LogP contribution is -2.54. The number of halogens is 1. The third kappa shape index (κ3) is 2.03. The first-order valence-electron chi connectivity index (χ1n) is 4.65. The summed E-state index contributed by atoms with van der Waals surface area (Å²) < 4.78 is 5.84. The van der Waals surface area contributed by atoms with Gasteiger partial charge in [0.15, 0.2) is 0 Å². The van der Waals surface area contributed by atoms with E-state index in [9.17, 15) is 4.79 Å². The first-order valence-corrected chi connectivity index (χ1v) is 5.44. The van der Waals surface area contributed by atoms with E-state index in [1.165, 1.54) is 0 Å². The van der Waals surface area contributed by atoms with E-state index in [1.807, 2.05) is 6.07 Å². The molecule has 0 atom stereocenters. The van der Waals surface area contributed by atoms with E-state index in [-0.39, 0.29) is 12.0 Å². The fourth-order valence-corrected chi connectivity index (χ4v) is 1.87. The number of pyridine rings is 1. The van der Waals surface area contributed by atoms with Gasteiger partial charge in [-0.25, -0.2) is 4.98 Å². The highest BCUT2D eigenvalue weighted by molar-refractivity contribution is 9.10. The Hall–Kier alpha value is -0.940. The van der Waals surface area contributed by atoms with Gasteiger partial charge in [0.2, 0.25) is 0 Å². The molecule has 0 bridgehead atoms. The molecule has 0 unspecified atom stereocenters. The lowest BCUT2D eigenvalue weighted by Gasteiger charge is -2.37. The average Bonchev–Trinajstić information content (AvgIpc) is 2.16. The lowest BCUT2D eigenvalue weighted by molar-refractivity contribution is -0.0195. The highest BCUT2D eigenvalue weighted by Gasteiger charge is 2.32. The minimum Gasteiger partial charge on any atom is -0.378 e. The molecular weight excluding hydrogens is 260 g/mol. The fourth-order valence-electron chi connectivity index (χ4n) is 1.45. The molecular formula is C10H11BrN2O2. The van der Waals surface area contributed by atoms with Gasteiger partial charge in [-0.1, -0.05) is 0 Å². The molecule has 1 amide bonds. The van der Waals surface area contributed by atoms with Crippen LogP contribution in [0.1, 0.15) is 10.5 Å². The van der Waals surface area contributed by atoms with Crippen LogP contribution in [0.5, 0.6) is 0 Å². The molecule has 0 aliphatic carbocycles. The molecule has 1 aromatic heterocycles. The second-order valence-corrected chi connectivity index (χ2v) is 4.26. The molecule has 1 saturated heterocycles. The van der Waals surface area contributed by atoms with Gasteiger partial charge in [-0.15, -0.1) is 0 Å². The third-order valence-corrected chi connectivity index (χ3v) is 3.07. The van der Waals surface area contributed by atoms with Crippen LogP contribution >= 0.6 is 15.9 Å². The Morgan fingerprint density at radius 1 is 1.67 bits per heavy atom. The first-order chi connectivity index (χ1) is 7.22. The van der Waals surface area contributed by atoms with Crippen molar-refractivity contribution < 1.29 is 9.53 Å². The number of nitrogens with zero attached hydrogens (tertiary/aromatic N) is 2. The van der Waals surface area contributed by atoms with Gasteiger partial charge >= 0.3 is 0 Å². The zero-order valence-electron chi connectivity index (χ0n) is 8.31. The van der Waals surface area contributed by atoms with Crippen LogP contribution in [-0.4, -0.2) is 42.1 Å². The Labute approximate surface area is 96.4 Å². The smallest absolute Gasteiger partial charge is 0.273 e. The number of ether oxygens (including phenoxy) is 1. The maximum Gasteiger partial charge on any atom is 0.273 e. The van der Waals surface area contributed by atoms with Crippen molar-refractivity contribution in [1.29, 1.82) is 0 Å². The predicted octanol–water partition coefficient (Wildman–Crippen LogP) is 1.31. The van der Waals surface area contributed by atoms with Crippen LogP contribution < -0.4 is 0 Å². The van der Waals surface area contributed by atoms with E-state index in [4.69, 9.17) is 4.74 Å². The zero-order chi connectivity index (χ0) is 10.8. The number of carbonyl (C=O) groups is 1. The van der Waals surface area contributed by atoms with Crippen LogP contribution in [0.4, 0.5) is 0 Å². The number of rotatable bonds is 2. The van der Waals surface area contributed by atoms with Crippen molar-refractivity contribution in [3.8, 4) is 0 Å². The van der Waals surface area contributed by atoms with E-state index in [2.05, 4.69) is 20.9 Å². The zero-order valence-corrected chi connectivity index (χ0v) is 9.90. The SMILES string of the molecule is COC1CN(C(=O)c2ncccc2Br)C1. The van der Waals surface area contributed by atoms with Gasteiger partial charge < -0.3 is 9.64 Å². The Morgan fingerprint density at radius 3 is 3.00 bits per heavy atom. The fraction of sp³-hybridized carbons (Fsp3) is 0.400. The van der Waals surface area contributed by atoms with Gasteiger partial charge in [0.25, 0.3) is 5.91 Å². The van der Waals surface area contributed by atoms with Gasteiger partial charge in [-0.3, -0.25) is 4.79 Å². The minimum atomic E-state index is -0.0456. The highest BCUT2D eigenvalue weighted by atomic mass is 79.9. The van der Waals surface area contributed by atoms with Gasteiger partial charge in [0, 0.05) is 30.9 Å². The summed E-state index contributed by atoms with van der Waals surface area (Å²) in [6.45, 7) is 1.30. The molecule has 1 fully saturated rings. The van der Waals surface area contributed by atoms with Crippen molar-refractivity contribution in [3.05, 3.63) is 28.5 Å². The minimum absolute atomic E-state index is 0.0456. The lowest BCUT2D eigenvalue weighted by atomic mass is 10.1. The molecule has 0 N–H and O–H groups in total. The van der Waals surface area contributed by atoms with Crippen molar-refractivity contribution >= 4 is 21.8 Å². The summed E-state index contributed by atoms with van der Waals surface area (Å²) in [4.78, 5) is 17.7. The standard InChI is InChI=1S/C10H11BrN2O2/c1-15-7-5-13(6-7)10(14)9-8(11)3-2-4-12-9/h2-4,7H,5-6H2,1H3. The first kappa shape index (κ1) is 10.6. The Morgan fingerprint density at radius 2 is 2.40 bits per heavy atom. The normalized spacial score (nSPS) is 16.3. The Kier molecular flexibility index (Phi) is 3.02. The Bertz CT molecular complexity index is 377. The second kappa shape index (κ2) is 4.28. The molecule has 1 aliphatic rings. The number of carbonyl (C=O) groups excluding carboxylic acids is 1. The summed E-state index contributed by atoms with van der Waals surface area (Å²) in [6, 6.07) is 3.60. The third-order valence-electron chi connectivity index (χ3n) is 2.43. The molecule has 2 rings (SSSR count). The molecule has 0 saturated carbocycles. The largest absolute Gasteiger partial charge is 0.378 e. The van der Waals surface area contributed by atoms with Crippen LogP contribution in [0.3, 0.4) is 0 Å². The summed E-state index contributed by atoms with van der Waals surface area (Å²) in [6.07, 6.45) is 1.79. The molecule has 5 heteroatoms. The van der Waals surface area contributed by atoms with E-state index in [0.717, 1.165) is 4.47 Å². The van der Waals surface area contributed by atoms with Crippen LogP contribution in [0.25, 0.3) is 0 Å². The van der Waals surface area contributed by atoms with Crippen LogP contribution in [-0.2, 0) is 4.74 Å². The van der Waals surface area contributed by atoms with Gasteiger partial charge in [0.1, 0.15) is 5.69 Å². The van der Waals surface area contributed by atoms with Crippen LogP contribution in [0.15, 0.2) is 22.8 Å². The topological polar surface area (TPSA) is 42.4 Å². The molecule has 4 nitrogen and oxygen atoms in total. The molecule has 15 heavy (non-hydrogen) atoms. The number of methoxy groups -OCH3 is 1. The molecule has 80 valence electrons. The predicted molar refractivity (Wildman–Crippen MR) is 58.6 cm³/mol. The van der Waals surface area contributed by atoms with Crippen molar-refractivity contribution in [2.45, 2.75) is 6.10 Å². The molecule has 0 spiro atoms. The molecule has 1 aromatic rings. The molecule has 0 aromatic carbocycles. The average molecular weight is 271 g/mol. The van der Waals surface area contributed by atoms with E-state index < -0.39 is 0 Å². The maximum absolute atomic E-state index is 11.9. The van der Waals surface area contributed by atoms with Gasteiger partial charge in [0.05, 0.1) is 6.10 Å². The van der Waals surface area contributed by atoms with Crippen LogP contribution in [0.2, 0.25) is 0 Å². The second-order valence-electron chi connectivity index (χ2n) is 3.40. The van der Waals surface area contributed by atoms with Crippen molar-refractivity contribution in [1.82, 2.24) is 9.88 Å². The summed E-state index contributed by atoms with van der Waals surface area (Å²) in [5.74, 6) is -0.0456. The van der Waals surface area contributed by atoms with Crippen molar-refractivity contribution in [2.24, 2.45) is 0 Å². The van der Waals surface area contributed by atoms with E-state index in [1.54, 1.807) is 24.3 Å². The molecule has 2 heterocycles. The number of likely N-dealkylation sites (tertiary alicyclic amines) is 1. The highest BCUT2D eigenvalue weighted by Crippen LogP contribution is 2.19. The summed E-state index contributed by atoms with van der Waals surface area (Å²) in [7, 11) is 1.66. The summed E-state index contributed by atoms with van der Waals surface area (Å²) in [5.41, 5.74) is 0.465. The molecule has 0 radical (unpaired) electrons. The maximum atomic E-state index is 11.9.